The second-order valence-electron chi connectivity index (χ2n) is 4.98. The predicted molar refractivity (Wildman–Crippen MR) is 86.0 cm³/mol. The fourth-order valence-corrected chi connectivity index (χ4v) is 2.75. The van der Waals surface area contributed by atoms with Crippen molar-refractivity contribution in [2.75, 3.05) is 13.0 Å². The largest absolute Gasteiger partial charge is 0.497 e. The highest BCUT2D eigenvalue weighted by molar-refractivity contribution is 6.31. The van der Waals surface area contributed by atoms with Crippen LogP contribution in [0.3, 0.4) is 0 Å². The van der Waals surface area contributed by atoms with Gasteiger partial charge in [0.05, 0.1) is 7.11 Å². The number of halogens is 3. The average molecular weight is 327 g/mol. The van der Waals surface area contributed by atoms with Crippen LogP contribution in [0.1, 0.15) is 11.1 Å². The van der Waals surface area contributed by atoms with Crippen LogP contribution >= 0.6 is 23.2 Å². The number of hydrogen-bond acceptors (Lipinski definition) is 1. The summed E-state index contributed by atoms with van der Waals surface area (Å²) in [7, 11) is 1.64. The van der Waals surface area contributed by atoms with Crippen molar-refractivity contribution < 1.29 is 9.13 Å². The minimum Gasteiger partial charge on any atom is -0.497 e. The van der Waals surface area contributed by atoms with Crippen LogP contribution in [-0.2, 0) is 12.8 Å². The molecule has 4 heteroatoms. The van der Waals surface area contributed by atoms with Crippen LogP contribution in [0.2, 0.25) is 5.02 Å². The van der Waals surface area contributed by atoms with Gasteiger partial charge in [-0.25, -0.2) is 4.39 Å². The van der Waals surface area contributed by atoms with E-state index in [-0.39, 0.29) is 11.7 Å². The zero-order chi connectivity index (χ0) is 15.2. The van der Waals surface area contributed by atoms with E-state index in [0.29, 0.717) is 22.9 Å². The number of methoxy groups -OCH3 is 1. The maximum Gasteiger partial charge on any atom is 0.127 e. The zero-order valence-electron chi connectivity index (χ0n) is 11.8. The standard InChI is InChI=1S/C17H17Cl2FO/c1-21-14-7-5-12(6-8-14)9-13(11-18)10-15-16(19)3-2-4-17(15)20/h2-8,13H,9-11H2,1H3. The second kappa shape index (κ2) is 7.67. The maximum absolute atomic E-state index is 13.8. The summed E-state index contributed by atoms with van der Waals surface area (Å²) in [5.74, 6) is 1.14. The van der Waals surface area contributed by atoms with Gasteiger partial charge in [-0.2, -0.15) is 0 Å². The monoisotopic (exact) mass is 326 g/mol. The Morgan fingerprint density at radius 3 is 2.38 bits per heavy atom. The van der Waals surface area contributed by atoms with Crippen molar-refractivity contribution in [1.29, 1.82) is 0 Å². The Morgan fingerprint density at radius 2 is 1.81 bits per heavy atom. The van der Waals surface area contributed by atoms with Gasteiger partial charge >= 0.3 is 0 Å². The van der Waals surface area contributed by atoms with Crippen molar-refractivity contribution in [3.8, 4) is 5.75 Å². The first-order valence-corrected chi connectivity index (χ1v) is 7.67. The summed E-state index contributed by atoms with van der Waals surface area (Å²) >= 11 is 12.1. The van der Waals surface area contributed by atoms with E-state index >= 15 is 0 Å². The van der Waals surface area contributed by atoms with Crippen molar-refractivity contribution in [3.63, 3.8) is 0 Å². The second-order valence-corrected chi connectivity index (χ2v) is 5.69. The first kappa shape index (κ1) is 16.1. The predicted octanol–water partition coefficient (Wildman–Crippen LogP) is 5.13. The zero-order valence-corrected chi connectivity index (χ0v) is 13.3. The lowest BCUT2D eigenvalue weighted by atomic mass is 9.94. The third kappa shape index (κ3) is 4.36. The molecule has 1 unspecified atom stereocenters. The van der Waals surface area contributed by atoms with Crippen molar-refractivity contribution in [3.05, 3.63) is 64.4 Å². The van der Waals surface area contributed by atoms with E-state index in [0.717, 1.165) is 17.7 Å². The molecule has 0 aliphatic heterocycles. The summed E-state index contributed by atoms with van der Waals surface area (Å²) in [5.41, 5.74) is 1.69. The highest BCUT2D eigenvalue weighted by Gasteiger charge is 2.15. The van der Waals surface area contributed by atoms with Crippen molar-refractivity contribution >= 4 is 23.2 Å². The number of alkyl halides is 1. The van der Waals surface area contributed by atoms with Crippen molar-refractivity contribution in [2.24, 2.45) is 5.92 Å². The molecular formula is C17H17Cl2FO. The summed E-state index contributed by atoms with van der Waals surface area (Å²) in [6, 6.07) is 12.6. The van der Waals surface area contributed by atoms with E-state index < -0.39 is 0 Å². The molecule has 0 spiro atoms. The number of ether oxygens (including phenoxy) is 1. The first-order valence-electron chi connectivity index (χ1n) is 6.75. The van der Waals surface area contributed by atoms with Gasteiger partial charge in [-0.15, -0.1) is 11.6 Å². The third-order valence-electron chi connectivity index (χ3n) is 3.46. The molecule has 0 fully saturated rings. The summed E-state index contributed by atoms with van der Waals surface area (Å²) in [4.78, 5) is 0. The van der Waals surface area contributed by atoms with Crippen LogP contribution in [0.4, 0.5) is 4.39 Å². The van der Waals surface area contributed by atoms with Crippen LogP contribution in [-0.4, -0.2) is 13.0 Å². The van der Waals surface area contributed by atoms with E-state index in [2.05, 4.69) is 0 Å². The van der Waals surface area contributed by atoms with E-state index in [1.807, 2.05) is 24.3 Å². The molecule has 0 saturated heterocycles. The molecule has 0 amide bonds. The van der Waals surface area contributed by atoms with E-state index in [4.69, 9.17) is 27.9 Å². The van der Waals surface area contributed by atoms with Gasteiger partial charge in [0.15, 0.2) is 0 Å². The molecule has 0 aliphatic carbocycles. The van der Waals surface area contributed by atoms with Gasteiger partial charge in [-0.05, 0) is 48.6 Å². The van der Waals surface area contributed by atoms with Crippen LogP contribution in [0.15, 0.2) is 42.5 Å². The van der Waals surface area contributed by atoms with E-state index in [1.54, 1.807) is 19.2 Å². The highest BCUT2D eigenvalue weighted by atomic mass is 35.5. The van der Waals surface area contributed by atoms with Gasteiger partial charge in [0, 0.05) is 16.5 Å². The number of benzene rings is 2. The molecule has 0 aliphatic rings. The van der Waals surface area contributed by atoms with Gasteiger partial charge in [0.2, 0.25) is 0 Å². The Morgan fingerprint density at radius 1 is 1.10 bits per heavy atom. The molecule has 2 rings (SSSR count). The molecule has 0 bridgehead atoms. The highest BCUT2D eigenvalue weighted by Crippen LogP contribution is 2.25. The number of hydrogen-bond donors (Lipinski definition) is 0. The summed E-state index contributed by atoms with van der Waals surface area (Å²) in [5, 5.41) is 0.458. The first-order chi connectivity index (χ1) is 10.1. The molecule has 0 radical (unpaired) electrons. The van der Waals surface area contributed by atoms with Crippen LogP contribution in [0, 0.1) is 11.7 Å². The topological polar surface area (TPSA) is 9.23 Å². The third-order valence-corrected chi connectivity index (χ3v) is 4.25. The van der Waals surface area contributed by atoms with Crippen molar-refractivity contribution in [1.82, 2.24) is 0 Å². The molecule has 1 atom stereocenters. The fraction of sp³-hybridized carbons (Fsp3) is 0.294. The lowest BCUT2D eigenvalue weighted by Crippen LogP contribution is -2.11. The normalized spacial score (nSPS) is 12.2. The van der Waals surface area contributed by atoms with E-state index in [9.17, 15) is 4.39 Å². The number of rotatable bonds is 6. The summed E-state index contributed by atoms with van der Waals surface area (Å²) < 4.78 is 19.0. The van der Waals surface area contributed by atoms with E-state index in [1.165, 1.54) is 6.07 Å². The Kier molecular flexibility index (Phi) is 5.89. The van der Waals surface area contributed by atoms with Gasteiger partial charge in [-0.1, -0.05) is 29.8 Å². The maximum atomic E-state index is 13.8. The summed E-state index contributed by atoms with van der Waals surface area (Å²) in [6.45, 7) is 0. The molecule has 0 heterocycles. The Hall–Kier alpha value is -1.25. The molecule has 21 heavy (non-hydrogen) atoms. The molecule has 112 valence electrons. The molecule has 0 aromatic heterocycles. The smallest absolute Gasteiger partial charge is 0.127 e. The van der Waals surface area contributed by atoms with Crippen LogP contribution in [0.5, 0.6) is 5.75 Å². The fourth-order valence-electron chi connectivity index (χ4n) is 2.29. The van der Waals surface area contributed by atoms with Gasteiger partial charge < -0.3 is 4.74 Å². The van der Waals surface area contributed by atoms with Crippen LogP contribution < -0.4 is 4.74 Å². The molecule has 2 aromatic rings. The minimum atomic E-state index is -0.271. The minimum absolute atomic E-state index is 0.134. The van der Waals surface area contributed by atoms with Gasteiger partial charge in [0.1, 0.15) is 11.6 Å². The Bertz CT molecular complexity index is 564. The summed E-state index contributed by atoms with van der Waals surface area (Å²) in [6.07, 6.45) is 1.30. The van der Waals surface area contributed by atoms with Crippen LogP contribution in [0.25, 0.3) is 0 Å². The SMILES string of the molecule is COc1ccc(CC(CCl)Cc2c(F)cccc2Cl)cc1. The van der Waals surface area contributed by atoms with Gasteiger partial charge in [0.25, 0.3) is 0 Å². The molecule has 1 nitrogen and oxygen atoms in total. The Balaban J connectivity index is 2.09. The van der Waals surface area contributed by atoms with Crippen molar-refractivity contribution in [2.45, 2.75) is 12.8 Å². The van der Waals surface area contributed by atoms with Gasteiger partial charge in [-0.3, -0.25) is 0 Å². The molecular weight excluding hydrogens is 310 g/mol. The lowest BCUT2D eigenvalue weighted by molar-refractivity contribution is 0.414. The lowest BCUT2D eigenvalue weighted by Gasteiger charge is -2.16. The molecule has 0 saturated carbocycles. The molecule has 0 N–H and O–H groups in total. The Labute approximate surface area is 134 Å². The quantitative estimate of drug-likeness (QED) is 0.669. The average Bonchev–Trinajstić information content (AvgIpc) is 2.50. The molecule has 2 aromatic carbocycles.